The van der Waals surface area contributed by atoms with Gasteiger partial charge >= 0.3 is 0 Å². The van der Waals surface area contributed by atoms with Crippen LogP contribution in [0.1, 0.15) is 29.2 Å². The maximum Gasteiger partial charge on any atom is 0.227 e. The van der Waals surface area contributed by atoms with Gasteiger partial charge in [-0.2, -0.15) is 4.31 Å². The molecule has 140 valence electrons. The van der Waals surface area contributed by atoms with Crippen molar-refractivity contribution in [2.75, 3.05) is 39.0 Å². The number of nitrogens with zero attached hydrogens (tertiary/aromatic N) is 2. The molecule has 0 bridgehead atoms. The van der Waals surface area contributed by atoms with E-state index in [0.717, 1.165) is 28.0 Å². The van der Waals surface area contributed by atoms with E-state index in [-0.39, 0.29) is 11.7 Å². The normalized spacial score (nSPS) is 16.1. The van der Waals surface area contributed by atoms with Gasteiger partial charge in [-0.05, 0) is 49.9 Å². The highest BCUT2D eigenvalue weighted by Gasteiger charge is 2.27. The summed E-state index contributed by atoms with van der Waals surface area (Å²) in [6.45, 7) is 9.28. The number of amides is 1. The van der Waals surface area contributed by atoms with Crippen molar-refractivity contribution in [1.82, 2.24) is 9.21 Å². The summed E-state index contributed by atoms with van der Waals surface area (Å²) >= 11 is 0. The van der Waals surface area contributed by atoms with Gasteiger partial charge in [-0.3, -0.25) is 4.79 Å². The fraction of sp³-hybridized carbons (Fsp3) is 0.611. The van der Waals surface area contributed by atoms with Crippen molar-refractivity contribution >= 4 is 15.9 Å². The largest absolute Gasteiger partial charge is 0.496 e. The second-order valence-corrected chi connectivity index (χ2v) is 8.75. The van der Waals surface area contributed by atoms with Crippen LogP contribution >= 0.6 is 0 Å². The Morgan fingerprint density at radius 1 is 1.12 bits per heavy atom. The zero-order valence-corrected chi connectivity index (χ0v) is 16.6. The predicted molar refractivity (Wildman–Crippen MR) is 98.5 cm³/mol. The number of carbonyl (C=O) groups is 1. The van der Waals surface area contributed by atoms with Crippen molar-refractivity contribution in [2.45, 2.75) is 34.1 Å². The molecule has 1 aromatic rings. The van der Waals surface area contributed by atoms with E-state index >= 15 is 0 Å². The average Bonchev–Trinajstić information content (AvgIpc) is 2.60. The van der Waals surface area contributed by atoms with Gasteiger partial charge in [0, 0.05) is 26.2 Å². The lowest BCUT2D eigenvalue weighted by molar-refractivity contribution is -0.131. The first-order valence-electron chi connectivity index (χ1n) is 8.60. The first-order chi connectivity index (χ1) is 11.7. The molecule has 0 saturated carbocycles. The van der Waals surface area contributed by atoms with E-state index < -0.39 is 10.0 Å². The number of rotatable bonds is 5. The van der Waals surface area contributed by atoms with Crippen molar-refractivity contribution in [3.8, 4) is 5.75 Å². The van der Waals surface area contributed by atoms with Crippen LogP contribution in [0.4, 0.5) is 0 Å². The topological polar surface area (TPSA) is 66.9 Å². The molecule has 0 unspecified atom stereocenters. The average molecular weight is 368 g/mol. The molecule has 25 heavy (non-hydrogen) atoms. The molecule has 0 aliphatic carbocycles. The van der Waals surface area contributed by atoms with Gasteiger partial charge in [0.1, 0.15) is 5.75 Å². The predicted octanol–water partition coefficient (Wildman–Crippen LogP) is 1.66. The van der Waals surface area contributed by atoms with Crippen LogP contribution in [-0.4, -0.2) is 62.6 Å². The van der Waals surface area contributed by atoms with Gasteiger partial charge in [-0.25, -0.2) is 8.42 Å². The second-order valence-electron chi connectivity index (χ2n) is 6.49. The molecule has 1 amide bonds. The number of hydrogen-bond donors (Lipinski definition) is 0. The van der Waals surface area contributed by atoms with Gasteiger partial charge < -0.3 is 9.64 Å². The molecule has 0 radical (unpaired) electrons. The summed E-state index contributed by atoms with van der Waals surface area (Å²) in [6, 6.07) is 2.01. The Hall–Kier alpha value is -1.60. The minimum atomic E-state index is -3.17. The van der Waals surface area contributed by atoms with Crippen LogP contribution in [0.15, 0.2) is 6.07 Å². The molecule has 0 atom stereocenters. The number of methoxy groups -OCH3 is 1. The highest BCUT2D eigenvalue weighted by atomic mass is 32.2. The van der Waals surface area contributed by atoms with E-state index in [0.29, 0.717) is 32.6 Å². The van der Waals surface area contributed by atoms with E-state index in [1.165, 1.54) is 4.31 Å². The number of piperazine rings is 1. The molecular weight excluding hydrogens is 340 g/mol. The van der Waals surface area contributed by atoms with Crippen LogP contribution in [-0.2, 0) is 21.2 Å². The molecule has 1 fully saturated rings. The zero-order valence-electron chi connectivity index (χ0n) is 15.8. The SMILES string of the molecule is CCS(=O)(=O)N1CCN(C(=O)Cc2cc(C)c(OC)c(C)c2C)CC1. The van der Waals surface area contributed by atoms with Gasteiger partial charge in [-0.1, -0.05) is 6.07 Å². The van der Waals surface area contributed by atoms with Gasteiger partial charge in [0.25, 0.3) is 0 Å². The van der Waals surface area contributed by atoms with E-state index in [1.54, 1.807) is 18.9 Å². The van der Waals surface area contributed by atoms with Crippen molar-refractivity contribution in [3.63, 3.8) is 0 Å². The molecule has 2 rings (SSSR count). The lowest BCUT2D eigenvalue weighted by Crippen LogP contribution is -2.51. The number of sulfonamides is 1. The lowest BCUT2D eigenvalue weighted by atomic mass is 9.96. The highest BCUT2D eigenvalue weighted by Crippen LogP contribution is 2.29. The molecule has 0 spiro atoms. The Morgan fingerprint density at radius 2 is 1.72 bits per heavy atom. The molecule has 1 saturated heterocycles. The van der Waals surface area contributed by atoms with E-state index in [2.05, 4.69) is 0 Å². The molecule has 6 nitrogen and oxygen atoms in total. The summed E-state index contributed by atoms with van der Waals surface area (Å²) in [5, 5.41) is 0. The Labute approximate surface area is 150 Å². The minimum Gasteiger partial charge on any atom is -0.496 e. The molecule has 1 aliphatic rings. The Morgan fingerprint density at radius 3 is 2.24 bits per heavy atom. The fourth-order valence-electron chi connectivity index (χ4n) is 3.31. The molecule has 0 aromatic heterocycles. The number of aryl methyl sites for hydroxylation is 1. The molecular formula is C18H28N2O4S. The third-order valence-corrected chi connectivity index (χ3v) is 6.91. The molecule has 1 heterocycles. The summed E-state index contributed by atoms with van der Waals surface area (Å²) in [4.78, 5) is 14.4. The van der Waals surface area contributed by atoms with Crippen molar-refractivity contribution in [3.05, 3.63) is 28.3 Å². The molecule has 7 heteroatoms. The van der Waals surface area contributed by atoms with Crippen molar-refractivity contribution < 1.29 is 17.9 Å². The Balaban J connectivity index is 2.07. The summed E-state index contributed by atoms with van der Waals surface area (Å²) in [5.74, 6) is 1.01. The van der Waals surface area contributed by atoms with Crippen LogP contribution in [0.25, 0.3) is 0 Å². The monoisotopic (exact) mass is 368 g/mol. The summed E-state index contributed by atoms with van der Waals surface area (Å²) in [5.41, 5.74) is 4.16. The van der Waals surface area contributed by atoms with E-state index in [9.17, 15) is 13.2 Å². The second kappa shape index (κ2) is 7.74. The van der Waals surface area contributed by atoms with Crippen LogP contribution in [0.2, 0.25) is 0 Å². The first kappa shape index (κ1) is 19.7. The van der Waals surface area contributed by atoms with Gasteiger partial charge in [0.05, 0.1) is 19.3 Å². The van der Waals surface area contributed by atoms with Gasteiger partial charge in [-0.15, -0.1) is 0 Å². The zero-order chi connectivity index (χ0) is 18.8. The number of ether oxygens (including phenoxy) is 1. The highest BCUT2D eigenvalue weighted by molar-refractivity contribution is 7.89. The number of benzene rings is 1. The van der Waals surface area contributed by atoms with Crippen molar-refractivity contribution in [1.29, 1.82) is 0 Å². The maximum absolute atomic E-state index is 12.6. The van der Waals surface area contributed by atoms with Crippen LogP contribution in [0.3, 0.4) is 0 Å². The Bertz CT molecular complexity index is 751. The quantitative estimate of drug-likeness (QED) is 0.793. The van der Waals surface area contributed by atoms with Crippen LogP contribution in [0, 0.1) is 20.8 Å². The summed E-state index contributed by atoms with van der Waals surface area (Å²) in [7, 11) is -1.52. The standard InChI is InChI=1S/C18H28N2O4S/c1-6-25(22,23)20-9-7-19(8-10-20)17(21)12-16-11-13(2)18(24-5)15(4)14(16)3/h11H,6-10,12H2,1-5H3. The minimum absolute atomic E-state index is 0.0422. The summed E-state index contributed by atoms with van der Waals surface area (Å²) < 4.78 is 30.7. The first-order valence-corrected chi connectivity index (χ1v) is 10.2. The Kier molecular flexibility index (Phi) is 6.11. The third-order valence-electron chi connectivity index (χ3n) is 5.03. The number of carbonyl (C=O) groups excluding carboxylic acids is 1. The number of hydrogen-bond acceptors (Lipinski definition) is 4. The molecule has 0 N–H and O–H groups in total. The smallest absolute Gasteiger partial charge is 0.227 e. The van der Waals surface area contributed by atoms with Crippen LogP contribution in [0.5, 0.6) is 5.75 Å². The molecule has 1 aliphatic heterocycles. The third kappa shape index (κ3) is 4.15. The van der Waals surface area contributed by atoms with Crippen molar-refractivity contribution in [2.24, 2.45) is 0 Å². The van der Waals surface area contributed by atoms with E-state index in [1.807, 2.05) is 26.8 Å². The lowest BCUT2D eigenvalue weighted by Gasteiger charge is -2.34. The van der Waals surface area contributed by atoms with E-state index in [4.69, 9.17) is 4.74 Å². The fourth-order valence-corrected chi connectivity index (χ4v) is 4.40. The molecule has 1 aromatic carbocycles. The van der Waals surface area contributed by atoms with Crippen LogP contribution < -0.4 is 4.74 Å². The van der Waals surface area contributed by atoms with Gasteiger partial charge in [0.15, 0.2) is 0 Å². The summed E-state index contributed by atoms with van der Waals surface area (Å²) in [6.07, 6.45) is 0.331. The van der Waals surface area contributed by atoms with Gasteiger partial charge in [0.2, 0.25) is 15.9 Å². The maximum atomic E-state index is 12.6.